The number of anilines is 1. The van der Waals surface area contributed by atoms with Crippen LogP contribution in [0.5, 0.6) is 5.75 Å². The van der Waals surface area contributed by atoms with Crippen molar-refractivity contribution in [3.8, 4) is 5.75 Å². The van der Waals surface area contributed by atoms with Crippen molar-refractivity contribution < 1.29 is 24.2 Å². The fraction of sp³-hybridized carbons (Fsp3) is 0.429. The SMILES string of the molecule is COc1ccc(NC(=O)NCC(CC(=O)O)OC)cc1C. The van der Waals surface area contributed by atoms with E-state index in [1.807, 2.05) is 6.92 Å². The molecule has 0 fully saturated rings. The lowest BCUT2D eigenvalue weighted by atomic mass is 10.2. The van der Waals surface area contributed by atoms with Crippen LogP contribution in [-0.2, 0) is 9.53 Å². The van der Waals surface area contributed by atoms with E-state index < -0.39 is 18.1 Å². The van der Waals surface area contributed by atoms with E-state index in [9.17, 15) is 9.59 Å². The van der Waals surface area contributed by atoms with Gasteiger partial charge in [0.2, 0.25) is 0 Å². The number of methoxy groups -OCH3 is 2. The quantitative estimate of drug-likeness (QED) is 0.710. The second-order valence-corrected chi connectivity index (χ2v) is 4.47. The summed E-state index contributed by atoms with van der Waals surface area (Å²) in [5.74, 6) is -0.239. The Kier molecular flexibility index (Phi) is 6.48. The molecule has 0 bridgehead atoms. The molecule has 21 heavy (non-hydrogen) atoms. The fourth-order valence-corrected chi connectivity index (χ4v) is 1.77. The molecule has 1 aromatic rings. The monoisotopic (exact) mass is 296 g/mol. The predicted octanol–water partition coefficient (Wildman–Crippen LogP) is 1.61. The standard InChI is InChI=1S/C14H20N2O5/c1-9-6-10(4-5-12(9)21-3)16-14(19)15-8-11(20-2)7-13(17)18/h4-6,11H,7-8H2,1-3H3,(H,17,18)(H2,15,16,19). The summed E-state index contributed by atoms with van der Waals surface area (Å²) >= 11 is 0. The Balaban J connectivity index is 2.50. The summed E-state index contributed by atoms with van der Waals surface area (Å²) in [7, 11) is 2.98. The van der Waals surface area contributed by atoms with E-state index in [2.05, 4.69) is 10.6 Å². The van der Waals surface area contributed by atoms with Crippen molar-refractivity contribution in [1.29, 1.82) is 0 Å². The number of urea groups is 1. The van der Waals surface area contributed by atoms with Crippen LogP contribution in [0.15, 0.2) is 18.2 Å². The maximum Gasteiger partial charge on any atom is 0.319 e. The summed E-state index contributed by atoms with van der Waals surface area (Å²) < 4.78 is 10.1. The third kappa shape index (κ3) is 5.70. The minimum Gasteiger partial charge on any atom is -0.496 e. The van der Waals surface area contributed by atoms with Gasteiger partial charge >= 0.3 is 12.0 Å². The van der Waals surface area contributed by atoms with Crippen LogP contribution in [0.3, 0.4) is 0 Å². The zero-order valence-corrected chi connectivity index (χ0v) is 12.3. The Morgan fingerprint density at radius 1 is 1.33 bits per heavy atom. The zero-order chi connectivity index (χ0) is 15.8. The van der Waals surface area contributed by atoms with Crippen molar-refractivity contribution in [1.82, 2.24) is 5.32 Å². The summed E-state index contributed by atoms with van der Waals surface area (Å²) in [4.78, 5) is 22.3. The number of rotatable bonds is 7. The van der Waals surface area contributed by atoms with Gasteiger partial charge in [-0.25, -0.2) is 4.79 Å². The molecule has 1 rings (SSSR count). The second kappa shape index (κ2) is 8.11. The van der Waals surface area contributed by atoms with Crippen LogP contribution < -0.4 is 15.4 Å². The first-order chi connectivity index (χ1) is 9.96. The molecule has 0 spiro atoms. The Morgan fingerprint density at radius 2 is 2.05 bits per heavy atom. The lowest BCUT2D eigenvalue weighted by Crippen LogP contribution is -2.37. The van der Waals surface area contributed by atoms with E-state index in [1.54, 1.807) is 25.3 Å². The van der Waals surface area contributed by atoms with E-state index in [1.165, 1.54) is 7.11 Å². The molecule has 1 unspecified atom stereocenters. The Morgan fingerprint density at radius 3 is 2.57 bits per heavy atom. The smallest absolute Gasteiger partial charge is 0.319 e. The van der Waals surface area contributed by atoms with Gasteiger partial charge in [-0.3, -0.25) is 4.79 Å². The number of carboxylic acid groups (broad SMARTS) is 1. The number of aliphatic carboxylic acids is 1. The zero-order valence-electron chi connectivity index (χ0n) is 12.3. The van der Waals surface area contributed by atoms with Crippen LogP contribution in [0.4, 0.5) is 10.5 Å². The van der Waals surface area contributed by atoms with Gasteiger partial charge in [0.1, 0.15) is 5.75 Å². The summed E-state index contributed by atoms with van der Waals surface area (Å²) in [6, 6.07) is 4.83. The molecule has 0 aliphatic rings. The molecule has 116 valence electrons. The van der Waals surface area contributed by atoms with Gasteiger partial charge in [0, 0.05) is 19.3 Å². The first-order valence-electron chi connectivity index (χ1n) is 6.40. The summed E-state index contributed by atoms with van der Waals surface area (Å²) in [5.41, 5.74) is 1.52. The lowest BCUT2D eigenvalue weighted by Gasteiger charge is -2.15. The molecule has 2 amide bonds. The van der Waals surface area contributed by atoms with Gasteiger partial charge in [-0.15, -0.1) is 0 Å². The van der Waals surface area contributed by atoms with Gasteiger partial charge < -0.3 is 25.2 Å². The molecule has 0 aliphatic carbocycles. The fourth-order valence-electron chi connectivity index (χ4n) is 1.77. The number of benzene rings is 1. The molecule has 1 atom stereocenters. The third-order valence-corrected chi connectivity index (χ3v) is 2.88. The number of carbonyl (C=O) groups excluding carboxylic acids is 1. The number of hydrogen-bond acceptors (Lipinski definition) is 4. The number of aryl methyl sites for hydroxylation is 1. The number of hydrogen-bond donors (Lipinski definition) is 3. The van der Waals surface area contributed by atoms with Gasteiger partial charge in [-0.2, -0.15) is 0 Å². The highest BCUT2D eigenvalue weighted by Crippen LogP contribution is 2.21. The summed E-state index contributed by atoms with van der Waals surface area (Å²) in [5, 5.41) is 13.9. The largest absolute Gasteiger partial charge is 0.496 e. The van der Waals surface area contributed by atoms with E-state index in [-0.39, 0.29) is 13.0 Å². The number of carboxylic acids is 1. The maximum atomic E-state index is 11.7. The highest BCUT2D eigenvalue weighted by Gasteiger charge is 2.13. The number of nitrogens with one attached hydrogen (secondary N) is 2. The average Bonchev–Trinajstić information content (AvgIpc) is 2.43. The van der Waals surface area contributed by atoms with Crippen molar-refractivity contribution >= 4 is 17.7 Å². The van der Waals surface area contributed by atoms with E-state index in [0.717, 1.165) is 11.3 Å². The van der Waals surface area contributed by atoms with E-state index in [0.29, 0.717) is 5.69 Å². The first-order valence-corrected chi connectivity index (χ1v) is 6.40. The number of amides is 2. The molecular formula is C14H20N2O5. The molecular weight excluding hydrogens is 276 g/mol. The minimum absolute atomic E-state index is 0.115. The summed E-state index contributed by atoms with van der Waals surface area (Å²) in [6.45, 7) is 1.99. The van der Waals surface area contributed by atoms with Crippen LogP contribution in [0.25, 0.3) is 0 Å². The first kappa shape index (κ1) is 16.8. The normalized spacial score (nSPS) is 11.6. The lowest BCUT2D eigenvalue weighted by molar-refractivity contribution is -0.139. The molecule has 0 aliphatic heterocycles. The van der Waals surface area contributed by atoms with Gasteiger partial charge in [0.15, 0.2) is 0 Å². The van der Waals surface area contributed by atoms with Gasteiger partial charge in [0.05, 0.1) is 19.6 Å². The van der Waals surface area contributed by atoms with Crippen molar-refractivity contribution in [2.45, 2.75) is 19.4 Å². The predicted molar refractivity (Wildman–Crippen MR) is 77.8 cm³/mol. The van der Waals surface area contributed by atoms with Crippen molar-refractivity contribution in [2.24, 2.45) is 0 Å². The van der Waals surface area contributed by atoms with Crippen molar-refractivity contribution in [3.05, 3.63) is 23.8 Å². The van der Waals surface area contributed by atoms with Crippen molar-refractivity contribution in [2.75, 3.05) is 26.1 Å². The second-order valence-electron chi connectivity index (χ2n) is 4.47. The maximum absolute atomic E-state index is 11.7. The molecule has 7 nitrogen and oxygen atoms in total. The molecule has 7 heteroatoms. The highest BCUT2D eigenvalue weighted by atomic mass is 16.5. The Hall–Kier alpha value is -2.28. The van der Waals surface area contributed by atoms with Crippen LogP contribution in [-0.4, -0.2) is 44.0 Å². The molecule has 0 radical (unpaired) electrons. The van der Waals surface area contributed by atoms with Gasteiger partial charge in [0.25, 0.3) is 0 Å². The third-order valence-electron chi connectivity index (χ3n) is 2.88. The molecule has 1 aromatic carbocycles. The van der Waals surface area contributed by atoms with E-state index in [4.69, 9.17) is 14.6 Å². The highest BCUT2D eigenvalue weighted by molar-refractivity contribution is 5.89. The average molecular weight is 296 g/mol. The van der Waals surface area contributed by atoms with Crippen LogP contribution in [0, 0.1) is 6.92 Å². The number of carbonyl (C=O) groups is 2. The van der Waals surface area contributed by atoms with Gasteiger partial charge in [-0.1, -0.05) is 0 Å². The molecule has 3 N–H and O–H groups in total. The van der Waals surface area contributed by atoms with Crippen LogP contribution >= 0.6 is 0 Å². The molecule has 0 saturated carbocycles. The van der Waals surface area contributed by atoms with Crippen molar-refractivity contribution in [3.63, 3.8) is 0 Å². The topological polar surface area (TPSA) is 96.9 Å². The van der Waals surface area contributed by atoms with Crippen LogP contribution in [0.1, 0.15) is 12.0 Å². The Labute approximate surface area is 123 Å². The van der Waals surface area contributed by atoms with E-state index >= 15 is 0 Å². The minimum atomic E-state index is -0.977. The summed E-state index contributed by atoms with van der Waals surface area (Å²) in [6.07, 6.45) is -0.732. The number of ether oxygens (including phenoxy) is 2. The molecule has 0 saturated heterocycles. The Bertz CT molecular complexity index is 504. The molecule has 0 aromatic heterocycles. The van der Waals surface area contributed by atoms with Gasteiger partial charge in [-0.05, 0) is 30.7 Å². The molecule has 0 heterocycles. The van der Waals surface area contributed by atoms with Crippen LogP contribution in [0.2, 0.25) is 0 Å².